The van der Waals surface area contributed by atoms with Crippen LogP contribution in [0.15, 0.2) is 18.2 Å². The van der Waals surface area contributed by atoms with E-state index in [9.17, 15) is 9.59 Å². The van der Waals surface area contributed by atoms with E-state index in [4.69, 9.17) is 9.47 Å². The zero-order valence-electron chi connectivity index (χ0n) is 18.4. The smallest absolute Gasteiger partial charge is 0.314 e. The van der Waals surface area contributed by atoms with Crippen molar-refractivity contribution in [2.45, 2.75) is 92.4 Å². The molecule has 0 bridgehead atoms. The number of carbonyl (C=O) groups excluding carboxylic acids is 2. The minimum Gasteiger partial charge on any atom is -0.426 e. The highest BCUT2D eigenvalue weighted by molar-refractivity contribution is 5.76. The lowest BCUT2D eigenvalue weighted by molar-refractivity contribution is -0.139. The predicted molar refractivity (Wildman–Crippen MR) is 114 cm³/mol. The van der Waals surface area contributed by atoms with Gasteiger partial charge in [-0.25, -0.2) is 0 Å². The Balaban J connectivity index is 2.89. The van der Waals surface area contributed by atoms with Gasteiger partial charge < -0.3 is 9.47 Å². The molecule has 28 heavy (non-hydrogen) atoms. The van der Waals surface area contributed by atoms with Crippen LogP contribution in [0.4, 0.5) is 0 Å². The van der Waals surface area contributed by atoms with Gasteiger partial charge in [-0.1, -0.05) is 60.3 Å². The van der Waals surface area contributed by atoms with E-state index in [1.165, 1.54) is 0 Å². The van der Waals surface area contributed by atoms with Crippen molar-refractivity contribution < 1.29 is 19.1 Å². The first-order valence-corrected chi connectivity index (χ1v) is 11.1. The molecule has 0 amide bonds. The van der Waals surface area contributed by atoms with Gasteiger partial charge in [-0.15, -0.1) is 0 Å². The first kappa shape index (κ1) is 24.2. The summed E-state index contributed by atoms with van der Waals surface area (Å²) in [7, 11) is 0. The zero-order chi connectivity index (χ0) is 20.9. The summed E-state index contributed by atoms with van der Waals surface area (Å²) in [5.41, 5.74) is 0.983. The van der Waals surface area contributed by atoms with Crippen LogP contribution < -0.4 is 9.47 Å². The minimum absolute atomic E-state index is 0.0882. The number of aryl methyl sites for hydroxylation is 1. The number of benzene rings is 1. The zero-order valence-corrected chi connectivity index (χ0v) is 18.4. The average Bonchev–Trinajstić information content (AvgIpc) is 2.68. The van der Waals surface area contributed by atoms with E-state index in [-0.39, 0.29) is 23.8 Å². The van der Waals surface area contributed by atoms with Crippen LogP contribution in [-0.4, -0.2) is 11.9 Å². The molecule has 0 saturated carbocycles. The highest BCUT2D eigenvalue weighted by Crippen LogP contribution is 2.27. The average molecular weight is 391 g/mol. The third-order valence-corrected chi connectivity index (χ3v) is 5.25. The van der Waals surface area contributed by atoms with Crippen molar-refractivity contribution >= 4 is 11.9 Å². The second-order valence-electron chi connectivity index (χ2n) is 7.50. The molecule has 4 nitrogen and oxygen atoms in total. The van der Waals surface area contributed by atoms with E-state index >= 15 is 0 Å². The molecular formula is C24H38O4. The summed E-state index contributed by atoms with van der Waals surface area (Å²) >= 11 is 0. The lowest BCUT2D eigenvalue weighted by Gasteiger charge is -2.16. The van der Waals surface area contributed by atoms with E-state index in [1.54, 1.807) is 6.07 Å². The van der Waals surface area contributed by atoms with Gasteiger partial charge in [0.1, 0.15) is 11.5 Å². The Bertz CT molecular complexity index is 560. The molecule has 2 atom stereocenters. The minimum atomic E-state index is -0.198. The first-order chi connectivity index (χ1) is 13.5. The van der Waals surface area contributed by atoms with Crippen molar-refractivity contribution in [1.82, 2.24) is 0 Å². The van der Waals surface area contributed by atoms with Gasteiger partial charge in [-0.2, -0.15) is 0 Å². The topological polar surface area (TPSA) is 52.6 Å². The fraction of sp³-hybridized carbons (Fsp3) is 0.667. The molecule has 0 saturated heterocycles. The molecule has 0 fully saturated rings. The second-order valence-corrected chi connectivity index (χ2v) is 7.50. The van der Waals surface area contributed by atoms with Gasteiger partial charge in [0.05, 0.1) is 11.8 Å². The Hall–Kier alpha value is -1.84. The number of hydrogen-bond acceptors (Lipinski definition) is 4. The highest BCUT2D eigenvalue weighted by atomic mass is 16.5. The third kappa shape index (κ3) is 8.04. The van der Waals surface area contributed by atoms with Crippen molar-refractivity contribution in [1.29, 1.82) is 0 Å². The van der Waals surface area contributed by atoms with Crippen LogP contribution in [0.25, 0.3) is 0 Å². The quantitative estimate of drug-likeness (QED) is 0.285. The SMILES string of the molecule is CCCCC(CC)C(=O)Oc1cc(CC)cc(OC(=O)C(CC)CCCC)c1. The molecule has 0 aliphatic rings. The monoisotopic (exact) mass is 390 g/mol. The molecular weight excluding hydrogens is 352 g/mol. The van der Waals surface area contributed by atoms with Gasteiger partial charge in [0.15, 0.2) is 0 Å². The lowest BCUT2D eigenvalue weighted by Crippen LogP contribution is -2.21. The van der Waals surface area contributed by atoms with Crippen LogP contribution >= 0.6 is 0 Å². The van der Waals surface area contributed by atoms with Gasteiger partial charge in [0.25, 0.3) is 0 Å². The molecule has 1 aromatic carbocycles. The fourth-order valence-corrected chi connectivity index (χ4v) is 3.23. The number of hydrogen-bond donors (Lipinski definition) is 0. The van der Waals surface area contributed by atoms with Crippen molar-refractivity contribution in [3.63, 3.8) is 0 Å². The highest BCUT2D eigenvalue weighted by Gasteiger charge is 2.21. The summed E-state index contributed by atoms with van der Waals surface area (Å²) in [4.78, 5) is 25.1. The molecule has 0 aromatic heterocycles. The van der Waals surface area contributed by atoms with E-state index in [0.29, 0.717) is 11.5 Å². The van der Waals surface area contributed by atoms with E-state index in [0.717, 1.165) is 63.4 Å². The first-order valence-electron chi connectivity index (χ1n) is 11.1. The number of rotatable bonds is 13. The molecule has 158 valence electrons. The molecule has 0 aliphatic carbocycles. The molecule has 0 heterocycles. The maximum atomic E-state index is 12.5. The van der Waals surface area contributed by atoms with Gasteiger partial charge in [-0.05, 0) is 49.8 Å². The molecule has 1 rings (SSSR count). The van der Waals surface area contributed by atoms with Gasteiger partial charge in [-0.3, -0.25) is 9.59 Å². The van der Waals surface area contributed by atoms with Crippen molar-refractivity contribution in [3.05, 3.63) is 23.8 Å². The van der Waals surface area contributed by atoms with Crippen LogP contribution in [-0.2, 0) is 16.0 Å². The Morgan fingerprint density at radius 2 is 1.18 bits per heavy atom. The number of ether oxygens (including phenoxy) is 2. The largest absolute Gasteiger partial charge is 0.426 e. The van der Waals surface area contributed by atoms with Gasteiger partial charge in [0, 0.05) is 6.07 Å². The van der Waals surface area contributed by atoms with Crippen LogP contribution in [0.2, 0.25) is 0 Å². The van der Waals surface area contributed by atoms with Crippen molar-refractivity contribution in [2.75, 3.05) is 0 Å². The maximum Gasteiger partial charge on any atom is 0.314 e. The van der Waals surface area contributed by atoms with E-state index in [1.807, 2.05) is 32.9 Å². The molecule has 0 N–H and O–H groups in total. The Morgan fingerprint density at radius 1 is 0.750 bits per heavy atom. The Morgan fingerprint density at radius 3 is 1.50 bits per heavy atom. The third-order valence-electron chi connectivity index (χ3n) is 5.25. The summed E-state index contributed by atoms with van der Waals surface area (Å²) in [6.07, 6.45) is 8.15. The van der Waals surface area contributed by atoms with Crippen LogP contribution in [0, 0.1) is 11.8 Å². The molecule has 0 spiro atoms. The summed E-state index contributed by atoms with van der Waals surface area (Å²) in [6.45, 7) is 10.3. The molecule has 4 heteroatoms. The van der Waals surface area contributed by atoms with Gasteiger partial charge in [0.2, 0.25) is 0 Å². The summed E-state index contributed by atoms with van der Waals surface area (Å²) in [6, 6.07) is 5.38. The predicted octanol–water partition coefficient (Wildman–Crippen LogP) is 6.49. The van der Waals surface area contributed by atoms with Crippen LogP contribution in [0.1, 0.15) is 91.5 Å². The van der Waals surface area contributed by atoms with Crippen LogP contribution in [0.3, 0.4) is 0 Å². The lowest BCUT2D eigenvalue weighted by atomic mass is 9.99. The second kappa shape index (κ2) is 13.4. The summed E-state index contributed by atoms with van der Waals surface area (Å²) in [5.74, 6) is 0.351. The summed E-state index contributed by atoms with van der Waals surface area (Å²) in [5, 5.41) is 0. The van der Waals surface area contributed by atoms with Crippen LogP contribution in [0.5, 0.6) is 11.5 Å². The van der Waals surface area contributed by atoms with E-state index < -0.39 is 0 Å². The fourth-order valence-electron chi connectivity index (χ4n) is 3.23. The number of unbranched alkanes of at least 4 members (excludes halogenated alkanes) is 2. The molecule has 2 unspecified atom stereocenters. The standard InChI is InChI=1S/C24H38O4/c1-6-11-13-19(9-4)23(25)27-21-15-18(8-3)16-22(17-21)28-24(26)20(10-5)14-12-7-2/h15-17,19-20H,6-14H2,1-5H3. The maximum absolute atomic E-state index is 12.5. The van der Waals surface area contributed by atoms with E-state index in [2.05, 4.69) is 13.8 Å². The number of esters is 2. The Kier molecular flexibility index (Phi) is 11.5. The molecule has 0 aliphatic heterocycles. The van der Waals surface area contributed by atoms with Crippen molar-refractivity contribution in [2.24, 2.45) is 11.8 Å². The number of carbonyl (C=O) groups is 2. The van der Waals surface area contributed by atoms with Crippen molar-refractivity contribution in [3.8, 4) is 11.5 Å². The molecule has 0 radical (unpaired) electrons. The molecule has 1 aromatic rings. The van der Waals surface area contributed by atoms with Gasteiger partial charge >= 0.3 is 11.9 Å². The normalized spacial score (nSPS) is 13.0. The Labute approximate surface area is 171 Å². The summed E-state index contributed by atoms with van der Waals surface area (Å²) < 4.78 is 11.3.